The molecule has 13 heavy (non-hydrogen) atoms. The molecule has 0 aliphatic carbocycles. The smallest absolute Gasteiger partial charge is 0.0630 e. The van der Waals surface area contributed by atoms with Crippen molar-refractivity contribution in [3.63, 3.8) is 0 Å². The monoisotopic (exact) mass is 198 g/mol. The fourth-order valence-electron chi connectivity index (χ4n) is 1.01. The van der Waals surface area contributed by atoms with Gasteiger partial charge in [0.15, 0.2) is 0 Å². The highest BCUT2D eigenvalue weighted by molar-refractivity contribution is 7.85. The molecular weight excluding hydrogens is 184 g/mol. The standard InChI is InChI=1S/C10H14O2S/c1-8-3-5-10(6-4-8)13(12)7-9(2)11/h3-6,9,11H,7H2,1-2H3/t9-,13?/m1/s1. The minimum atomic E-state index is -1.07. The average Bonchev–Trinajstić information content (AvgIpc) is 2.04. The largest absolute Gasteiger partial charge is 0.392 e. The number of aliphatic hydroxyl groups is 1. The van der Waals surface area contributed by atoms with Gasteiger partial charge in [0.2, 0.25) is 0 Å². The van der Waals surface area contributed by atoms with Gasteiger partial charge in [0, 0.05) is 4.90 Å². The molecule has 1 aromatic rings. The molecule has 72 valence electrons. The van der Waals surface area contributed by atoms with Crippen molar-refractivity contribution in [3.8, 4) is 0 Å². The lowest BCUT2D eigenvalue weighted by Gasteiger charge is -2.04. The summed E-state index contributed by atoms with van der Waals surface area (Å²) in [5, 5.41) is 9.05. The van der Waals surface area contributed by atoms with Crippen molar-refractivity contribution < 1.29 is 9.32 Å². The van der Waals surface area contributed by atoms with E-state index in [0.29, 0.717) is 5.75 Å². The average molecular weight is 198 g/mol. The summed E-state index contributed by atoms with van der Waals surface area (Å²) in [5.41, 5.74) is 1.15. The molecule has 1 unspecified atom stereocenters. The Morgan fingerprint density at radius 1 is 1.38 bits per heavy atom. The maximum Gasteiger partial charge on any atom is 0.0630 e. The van der Waals surface area contributed by atoms with Crippen LogP contribution in [0.4, 0.5) is 0 Å². The Hall–Kier alpha value is -0.670. The highest BCUT2D eigenvalue weighted by Crippen LogP contribution is 2.08. The minimum Gasteiger partial charge on any atom is -0.392 e. The maximum atomic E-state index is 11.5. The second kappa shape index (κ2) is 4.53. The van der Waals surface area contributed by atoms with Crippen molar-refractivity contribution in [2.24, 2.45) is 0 Å². The molecule has 0 aromatic heterocycles. The van der Waals surface area contributed by atoms with Gasteiger partial charge < -0.3 is 5.11 Å². The van der Waals surface area contributed by atoms with Gasteiger partial charge in [0.05, 0.1) is 22.7 Å². The Morgan fingerprint density at radius 2 is 1.92 bits per heavy atom. The second-order valence-corrected chi connectivity index (χ2v) is 4.67. The summed E-state index contributed by atoms with van der Waals surface area (Å²) >= 11 is 0. The molecule has 2 atom stereocenters. The van der Waals surface area contributed by atoms with Crippen LogP contribution in [0.15, 0.2) is 29.2 Å². The molecule has 1 rings (SSSR count). The summed E-state index contributed by atoms with van der Waals surface area (Å²) in [6.45, 7) is 3.63. The molecule has 0 spiro atoms. The van der Waals surface area contributed by atoms with Crippen molar-refractivity contribution in [2.75, 3.05) is 5.75 Å². The topological polar surface area (TPSA) is 37.3 Å². The zero-order valence-corrected chi connectivity index (χ0v) is 8.67. The van der Waals surface area contributed by atoms with Crippen LogP contribution >= 0.6 is 0 Å². The van der Waals surface area contributed by atoms with E-state index in [0.717, 1.165) is 10.5 Å². The van der Waals surface area contributed by atoms with E-state index >= 15 is 0 Å². The van der Waals surface area contributed by atoms with Gasteiger partial charge in [-0.25, -0.2) is 0 Å². The molecule has 0 bridgehead atoms. The lowest BCUT2D eigenvalue weighted by molar-refractivity contribution is 0.219. The van der Waals surface area contributed by atoms with Gasteiger partial charge in [-0.1, -0.05) is 17.7 Å². The molecular formula is C10H14O2S. The summed E-state index contributed by atoms with van der Waals surface area (Å²) in [6, 6.07) is 7.53. The summed E-state index contributed by atoms with van der Waals surface area (Å²) in [5.74, 6) is 0.309. The quantitative estimate of drug-likeness (QED) is 0.799. The van der Waals surface area contributed by atoms with Gasteiger partial charge in [0.1, 0.15) is 0 Å². The van der Waals surface area contributed by atoms with E-state index in [2.05, 4.69) is 0 Å². The van der Waals surface area contributed by atoms with Gasteiger partial charge in [-0.2, -0.15) is 0 Å². The summed E-state index contributed by atoms with van der Waals surface area (Å²) in [7, 11) is -1.07. The number of aryl methyl sites for hydroxylation is 1. The maximum absolute atomic E-state index is 11.5. The molecule has 0 aliphatic rings. The lowest BCUT2D eigenvalue weighted by Crippen LogP contribution is -2.12. The van der Waals surface area contributed by atoms with Crippen molar-refractivity contribution in [2.45, 2.75) is 24.8 Å². The van der Waals surface area contributed by atoms with E-state index in [4.69, 9.17) is 5.11 Å². The van der Waals surface area contributed by atoms with E-state index in [1.807, 2.05) is 31.2 Å². The van der Waals surface area contributed by atoms with Crippen molar-refractivity contribution in [1.29, 1.82) is 0 Å². The van der Waals surface area contributed by atoms with Crippen molar-refractivity contribution in [1.82, 2.24) is 0 Å². The van der Waals surface area contributed by atoms with Gasteiger partial charge in [-0.05, 0) is 26.0 Å². The Bertz CT molecular complexity index is 290. The first-order valence-electron chi connectivity index (χ1n) is 4.22. The molecule has 0 heterocycles. The molecule has 0 aliphatic heterocycles. The summed E-state index contributed by atoms with van der Waals surface area (Å²) < 4.78 is 11.5. The van der Waals surface area contributed by atoms with Crippen molar-refractivity contribution >= 4 is 10.8 Å². The van der Waals surface area contributed by atoms with E-state index in [1.165, 1.54) is 0 Å². The van der Waals surface area contributed by atoms with Crippen LogP contribution in [0.2, 0.25) is 0 Å². The minimum absolute atomic E-state index is 0.309. The molecule has 0 amide bonds. The fraction of sp³-hybridized carbons (Fsp3) is 0.400. The number of hydrogen-bond donors (Lipinski definition) is 1. The Balaban J connectivity index is 2.72. The van der Waals surface area contributed by atoms with Crippen molar-refractivity contribution in [3.05, 3.63) is 29.8 Å². The molecule has 0 radical (unpaired) electrons. The third kappa shape index (κ3) is 3.28. The zero-order valence-electron chi connectivity index (χ0n) is 7.86. The second-order valence-electron chi connectivity index (χ2n) is 3.17. The number of hydrogen-bond acceptors (Lipinski definition) is 2. The first-order valence-corrected chi connectivity index (χ1v) is 5.54. The number of aliphatic hydroxyl groups excluding tert-OH is 1. The fourth-order valence-corrected chi connectivity index (χ4v) is 2.08. The normalized spacial score (nSPS) is 15.3. The molecule has 0 saturated heterocycles. The first-order chi connectivity index (χ1) is 6.09. The number of benzene rings is 1. The molecule has 2 nitrogen and oxygen atoms in total. The molecule has 1 N–H and O–H groups in total. The van der Waals surface area contributed by atoms with E-state index in [1.54, 1.807) is 6.92 Å². The number of rotatable bonds is 3. The predicted molar refractivity (Wildman–Crippen MR) is 54.1 cm³/mol. The van der Waals surface area contributed by atoms with Crippen LogP contribution in [0.25, 0.3) is 0 Å². The Kier molecular flexibility index (Phi) is 3.63. The third-order valence-electron chi connectivity index (χ3n) is 1.68. The molecule has 1 aromatic carbocycles. The van der Waals surface area contributed by atoms with Crippen LogP contribution in [0.1, 0.15) is 12.5 Å². The van der Waals surface area contributed by atoms with Crippen LogP contribution in [0.5, 0.6) is 0 Å². The van der Waals surface area contributed by atoms with E-state index < -0.39 is 16.9 Å². The molecule has 0 saturated carbocycles. The molecule has 3 heteroatoms. The SMILES string of the molecule is Cc1ccc(S(=O)C[C@@H](C)O)cc1. The van der Waals surface area contributed by atoms with Crippen LogP contribution in [0.3, 0.4) is 0 Å². The van der Waals surface area contributed by atoms with Crippen LogP contribution in [0, 0.1) is 6.92 Å². The van der Waals surface area contributed by atoms with Crippen LogP contribution in [-0.2, 0) is 10.8 Å². The zero-order chi connectivity index (χ0) is 9.84. The molecule has 0 fully saturated rings. The predicted octanol–water partition coefficient (Wildman–Crippen LogP) is 1.48. The van der Waals surface area contributed by atoms with Gasteiger partial charge >= 0.3 is 0 Å². The van der Waals surface area contributed by atoms with Crippen LogP contribution in [-0.4, -0.2) is 21.2 Å². The highest BCUT2D eigenvalue weighted by atomic mass is 32.2. The highest BCUT2D eigenvalue weighted by Gasteiger charge is 2.06. The summed E-state index contributed by atoms with van der Waals surface area (Å²) in [4.78, 5) is 0.784. The van der Waals surface area contributed by atoms with Crippen LogP contribution < -0.4 is 0 Å². The lowest BCUT2D eigenvalue weighted by atomic mass is 10.2. The third-order valence-corrected chi connectivity index (χ3v) is 3.26. The van der Waals surface area contributed by atoms with Gasteiger partial charge in [-0.3, -0.25) is 4.21 Å². The van der Waals surface area contributed by atoms with E-state index in [9.17, 15) is 4.21 Å². The Morgan fingerprint density at radius 3 is 2.38 bits per heavy atom. The first kappa shape index (κ1) is 10.4. The summed E-state index contributed by atoms with van der Waals surface area (Å²) in [6.07, 6.45) is -0.512. The Labute approximate surface area is 81.1 Å². The van der Waals surface area contributed by atoms with E-state index in [-0.39, 0.29) is 0 Å². The van der Waals surface area contributed by atoms with Gasteiger partial charge in [-0.15, -0.1) is 0 Å². The van der Waals surface area contributed by atoms with Gasteiger partial charge in [0.25, 0.3) is 0 Å².